The molecule has 4 rings (SSSR count). The Labute approximate surface area is 135 Å². The van der Waals surface area contributed by atoms with Gasteiger partial charge < -0.3 is 10.2 Å². The van der Waals surface area contributed by atoms with Crippen LogP contribution < -0.4 is 10.2 Å². The molecule has 1 N–H and O–H groups in total. The minimum atomic E-state index is 0.719. The zero-order valence-corrected chi connectivity index (χ0v) is 14.0. The molecule has 3 nitrogen and oxygen atoms in total. The van der Waals surface area contributed by atoms with E-state index >= 15 is 0 Å². The number of hydrogen-bond acceptors (Lipinski definition) is 3. The van der Waals surface area contributed by atoms with Gasteiger partial charge in [0.2, 0.25) is 0 Å². The lowest BCUT2D eigenvalue weighted by Gasteiger charge is -2.49. The van der Waals surface area contributed by atoms with Gasteiger partial charge in [-0.2, -0.15) is 0 Å². The van der Waals surface area contributed by atoms with Gasteiger partial charge in [0.25, 0.3) is 0 Å². The predicted molar refractivity (Wildman–Crippen MR) is 94.2 cm³/mol. The van der Waals surface area contributed by atoms with Gasteiger partial charge in [-0.1, -0.05) is 18.2 Å². The third-order valence-electron chi connectivity index (χ3n) is 5.39. The number of hydrogen-bond donors (Lipinski definition) is 1. The molecule has 3 fully saturated rings. The number of piperidine rings is 3. The quantitative estimate of drug-likeness (QED) is 0.815. The van der Waals surface area contributed by atoms with Crippen LogP contribution in [-0.4, -0.2) is 44.7 Å². The molecule has 22 heavy (non-hydrogen) atoms. The molecule has 2 bridgehead atoms. The third-order valence-corrected chi connectivity index (χ3v) is 5.39. The Hall–Kier alpha value is -1.32. The average Bonchev–Trinajstić information content (AvgIpc) is 2.56. The first-order valence-corrected chi connectivity index (χ1v) is 8.51. The van der Waals surface area contributed by atoms with Crippen molar-refractivity contribution in [2.75, 3.05) is 38.6 Å². The largest absolute Gasteiger partial charge is 0.378 e. The lowest BCUT2D eigenvalue weighted by Crippen LogP contribution is -2.55. The minimum absolute atomic E-state index is 0.719. The number of fused-ring (bicyclic) bond motifs is 3. The molecule has 3 aliphatic heterocycles. The summed E-state index contributed by atoms with van der Waals surface area (Å²) < 4.78 is 0. The first-order valence-electron chi connectivity index (χ1n) is 8.51. The van der Waals surface area contributed by atoms with E-state index in [2.05, 4.69) is 66.1 Å². The summed E-state index contributed by atoms with van der Waals surface area (Å²) in [7, 11) is 4.16. The fourth-order valence-electron chi connectivity index (χ4n) is 3.95. The van der Waals surface area contributed by atoms with Gasteiger partial charge >= 0.3 is 0 Å². The molecule has 0 spiro atoms. The molecule has 1 aromatic rings. The molecule has 3 saturated heterocycles. The van der Waals surface area contributed by atoms with Crippen molar-refractivity contribution in [2.24, 2.45) is 11.8 Å². The highest BCUT2D eigenvalue weighted by molar-refractivity contribution is 5.45. The van der Waals surface area contributed by atoms with Gasteiger partial charge in [0.15, 0.2) is 0 Å². The average molecular weight is 299 g/mol. The summed E-state index contributed by atoms with van der Waals surface area (Å²) in [6, 6.07) is 9.55. The van der Waals surface area contributed by atoms with Crippen molar-refractivity contribution < 1.29 is 0 Å². The first-order chi connectivity index (χ1) is 10.7. The van der Waals surface area contributed by atoms with Crippen LogP contribution in [0.3, 0.4) is 0 Å². The first kappa shape index (κ1) is 15.6. The monoisotopic (exact) mass is 299 g/mol. The molecule has 0 aromatic heterocycles. The van der Waals surface area contributed by atoms with Crippen molar-refractivity contribution in [3.05, 3.63) is 42.5 Å². The number of anilines is 1. The Bertz CT molecular complexity index is 494. The predicted octanol–water partition coefficient (Wildman–Crippen LogP) is 2.74. The molecule has 0 aliphatic carbocycles. The Morgan fingerprint density at radius 3 is 2.68 bits per heavy atom. The highest BCUT2D eigenvalue weighted by Crippen LogP contribution is 2.36. The number of benzene rings is 1. The standard InChI is InChI=1S/C19H29N3/c1-4-16-14-22-10-9-17(16)11-19(22)13-20-12-15-5-7-18(8-6-15)21(2)3/h4-8,16-17,19-20H,1,9-14H2,2-3H3. The van der Waals surface area contributed by atoms with Crippen LogP contribution in [0.15, 0.2) is 36.9 Å². The molecule has 0 radical (unpaired) electrons. The fraction of sp³-hybridized carbons (Fsp3) is 0.579. The Kier molecular flexibility index (Phi) is 4.84. The van der Waals surface area contributed by atoms with E-state index in [1.54, 1.807) is 0 Å². The van der Waals surface area contributed by atoms with Crippen LogP contribution in [-0.2, 0) is 6.54 Å². The summed E-state index contributed by atoms with van der Waals surface area (Å²) in [6.45, 7) is 8.57. The number of nitrogens with zero attached hydrogens (tertiary/aromatic N) is 2. The van der Waals surface area contributed by atoms with Crippen molar-refractivity contribution in [1.82, 2.24) is 10.2 Å². The molecule has 3 aliphatic rings. The van der Waals surface area contributed by atoms with E-state index in [0.717, 1.165) is 31.0 Å². The van der Waals surface area contributed by atoms with E-state index in [1.807, 2.05) is 0 Å². The second kappa shape index (κ2) is 6.84. The van der Waals surface area contributed by atoms with Crippen molar-refractivity contribution in [2.45, 2.75) is 25.4 Å². The van der Waals surface area contributed by atoms with Crippen LogP contribution in [0.5, 0.6) is 0 Å². The molecule has 3 heteroatoms. The van der Waals surface area contributed by atoms with Gasteiger partial charge in [-0.3, -0.25) is 4.90 Å². The van der Waals surface area contributed by atoms with Gasteiger partial charge in [0, 0.05) is 45.5 Å². The maximum Gasteiger partial charge on any atom is 0.0361 e. The van der Waals surface area contributed by atoms with E-state index in [1.165, 1.54) is 37.2 Å². The lowest BCUT2D eigenvalue weighted by molar-refractivity contribution is 0.0195. The second-order valence-electron chi connectivity index (χ2n) is 7.02. The van der Waals surface area contributed by atoms with Gasteiger partial charge in [-0.25, -0.2) is 0 Å². The van der Waals surface area contributed by atoms with Gasteiger partial charge in [0.1, 0.15) is 0 Å². The molecule has 4 unspecified atom stereocenters. The highest BCUT2D eigenvalue weighted by atomic mass is 15.2. The van der Waals surface area contributed by atoms with E-state index < -0.39 is 0 Å². The van der Waals surface area contributed by atoms with E-state index in [0.29, 0.717) is 0 Å². The summed E-state index contributed by atoms with van der Waals surface area (Å²) >= 11 is 0. The van der Waals surface area contributed by atoms with Crippen LogP contribution in [0, 0.1) is 11.8 Å². The maximum absolute atomic E-state index is 4.00. The van der Waals surface area contributed by atoms with Crippen LogP contribution >= 0.6 is 0 Å². The Morgan fingerprint density at radius 1 is 1.32 bits per heavy atom. The van der Waals surface area contributed by atoms with Crippen LogP contribution in [0.1, 0.15) is 18.4 Å². The van der Waals surface area contributed by atoms with Crippen molar-refractivity contribution in [3.63, 3.8) is 0 Å². The van der Waals surface area contributed by atoms with E-state index in [-0.39, 0.29) is 0 Å². The Morgan fingerprint density at radius 2 is 2.09 bits per heavy atom. The molecular weight excluding hydrogens is 270 g/mol. The second-order valence-corrected chi connectivity index (χ2v) is 7.02. The summed E-state index contributed by atoms with van der Waals surface area (Å²) in [5.41, 5.74) is 2.63. The zero-order chi connectivity index (χ0) is 15.5. The smallest absolute Gasteiger partial charge is 0.0361 e. The summed E-state index contributed by atoms with van der Waals surface area (Å²) in [4.78, 5) is 4.80. The molecule has 120 valence electrons. The molecule has 4 atom stereocenters. The van der Waals surface area contributed by atoms with Crippen molar-refractivity contribution >= 4 is 5.69 Å². The van der Waals surface area contributed by atoms with Gasteiger partial charge in [-0.05, 0) is 48.9 Å². The molecule has 0 saturated carbocycles. The maximum atomic E-state index is 4.00. The number of nitrogens with one attached hydrogen (secondary N) is 1. The van der Waals surface area contributed by atoms with Gasteiger partial charge in [-0.15, -0.1) is 6.58 Å². The minimum Gasteiger partial charge on any atom is -0.378 e. The number of rotatable bonds is 6. The van der Waals surface area contributed by atoms with Crippen LogP contribution in [0.2, 0.25) is 0 Å². The van der Waals surface area contributed by atoms with Crippen molar-refractivity contribution in [3.8, 4) is 0 Å². The lowest BCUT2D eigenvalue weighted by atomic mass is 9.75. The summed E-state index contributed by atoms with van der Waals surface area (Å²) in [5, 5.41) is 3.66. The molecular formula is C19H29N3. The SMILES string of the molecule is C=CC1CN2CCC1CC2CNCc1ccc(N(C)C)cc1. The Balaban J connectivity index is 1.46. The fourth-order valence-corrected chi connectivity index (χ4v) is 3.95. The molecule has 3 heterocycles. The summed E-state index contributed by atoms with van der Waals surface area (Å²) in [6.07, 6.45) is 4.87. The third kappa shape index (κ3) is 3.36. The molecule has 0 amide bonds. The molecule has 1 aromatic carbocycles. The summed E-state index contributed by atoms with van der Waals surface area (Å²) in [5.74, 6) is 1.59. The van der Waals surface area contributed by atoms with Crippen molar-refractivity contribution in [1.29, 1.82) is 0 Å². The zero-order valence-electron chi connectivity index (χ0n) is 14.0. The van der Waals surface area contributed by atoms with E-state index in [4.69, 9.17) is 0 Å². The van der Waals surface area contributed by atoms with Crippen LogP contribution in [0.4, 0.5) is 5.69 Å². The van der Waals surface area contributed by atoms with Crippen LogP contribution in [0.25, 0.3) is 0 Å². The topological polar surface area (TPSA) is 18.5 Å². The highest BCUT2D eigenvalue weighted by Gasteiger charge is 2.38. The van der Waals surface area contributed by atoms with Gasteiger partial charge in [0.05, 0.1) is 0 Å². The normalized spacial score (nSPS) is 30.3. The van der Waals surface area contributed by atoms with E-state index in [9.17, 15) is 0 Å².